The normalized spacial score (nSPS) is 10.6. The summed E-state index contributed by atoms with van der Waals surface area (Å²) in [7, 11) is 1.29. The molecule has 0 aliphatic rings. The number of nitro groups is 1. The molecule has 0 saturated heterocycles. The molecule has 0 aliphatic carbocycles. The Balaban J connectivity index is 2.03. The number of hydrogen-bond acceptors (Lipinski definition) is 7. The lowest BCUT2D eigenvalue weighted by Gasteiger charge is -2.07. The molecule has 0 heterocycles. The first kappa shape index (κ1) is 21.4. The first-order valence-electron chi connectivity index (χ1n) is 8.12. The van der Waals surface area contributed by atoms with Crippen LogP contribution in [0.4, 0.5) is 11.4 Å². The van der Waals surface area contributed by atoms with Crippen LogP contribution in [0.2, 0.25) is 5.02 Å². The average molecular weight is 415 g/mol. The summed E-state index contributed by atoms with van der Waals surface area (Å²) >= 11 is 5.93. The Bertz CT molecular complexity index is 1010. The van der Waals surface area contributed by atoms with Crippen molar-refractivity contribution in [1.29, 1.82) is 5.26 Å². The minimum absolute atomic E-state index is 0.0189. The van der Waals surface area contributed by atoms with Crippen molar-refractivity contribution in [3.05, 3.63) is 80.5 Å². The first-order chi connectivity index (χ1) is 13.8. The zero-order valence-corrected chi connectivity index (χ0v) is 15.9. The number of carbonyl (C=O) groups is 2. The lowest BCUT2D eigenvalue weighted by atomic mass is 10.1. The first-order valence-corrected chi connectivity index (χ1v) is 8.49. The molecule has 0 bridgehead atoms. The Morgan fingerprint density at radius 3 is 2.55 bits per heavy atom. The molecule has 0 atom stereocenters. The second-order valence-corrected chi connectivity index (χ2v) is 6.02. The Morgan fingerprint density at radius 1 is 1.28 bits per heavy atom. The Kier molecular flexibility index (Phi) is 7.28. The molecule has 10 heteroatoms. The quantitative estimate of drug-likeness (QED) is 0.233. The lowest BCUT2D eigenvalue weighted by molar-refractivity contribution is -0.384. The topological polar surface area (TPSA) is 134 Å². The predicted octanol–water partition coefficient (Wildman–Crippen LogP) is 3.17. The summed E-state index contributed by atoms with van der Waals surface area (Å²) in [5.41, 5.74) is 0.718. The molecule has 2 N–H and O–H groups in total. The van der Waals surface area contributed by atoms with Crippen LogP contribution < -0.4 is 10.6 Å². The number of ether oxygens (including phenoxy) is 1. The molecule has 2 aromatic carbocycles. The number of halogens is 1. The SMILES string of the molecule is COC(=O)c1ccc(CN/C=C(/C#N)C(=O)Nc2cc([N+](=O)[O-])ccc2Cl)cc1. The molecule has 0 unspecified atom stereocenters. The van der Waals surface area contributed by atoms with Gasteiger partial charge in [-0.2, -0.15) is 5.26 Å². The monoisotopic (exact) mass is 414 g/mol. The Hall–Kier alpha value is -3.90. The zero-order chi connectivity index (χ0) is 21.4. The van der Waals surface area contributed by atoms with E-state index in [4.69, 9.17) is 11.6 Å². The third kappa shape index (κ3) is 5.79. The second-order valence-electron chi connectivity index (χ2n) is 5.61. The molecule has 2 aromatic rings. The fraction of sp³-hybridized carbons (Fsp3) is 0.105. The minimum Gasteiger partial charge on any atom is -0.465 e. The van der Waals surface area contributed by atoms with E-state index in [-0.39, 0.29) is 28.5 Å². The number of rotatable bonds is 7. The number of nitro benzene ring substituents is 1. The van der Waals surface area contributed by atoms with Gasteiger partial charge in [0, 0.05) is 24.9 Å². The molecule has 148 valence electrons. The van der Waals surface area contributed by atoms with Crippen LogP contribution in [0.15, 0.2) is 54.2 Å². The van der Waals surface area contributed by atoms with Crippen molar-refractivity contribution < 1.29 is 19.2 Å². The molecule has 0 radical (unpaired) electrons. The Morgan fingerprint density at radius 2 is 1.97 bits per heavy atom. The molecule has 29 heavy (non-hydrogen) atoms. The number of nitriles is 1. The summed E-state index contributed by atoms with van der Waals surface area (Å²) in [6.07, 6.45) is 1.22. The minimum atomic E-state index is -0.775. The highest BCUT2D eigenvalue weighted by molar-refractivity contribution is 6.34. The molecule has 0 aromatic heterocycles. The van der Waals surface area contributed by atoms with Crippen molar-refractivity contribution in [1.82, 2.24) is 5.32 Å². The summed E-state index contributed by atoms with van der Waals surface area (Å²) in [5, 5.41) is 25.3. The van der Waals surface area contributed by atoms with Gasteiger partial charge in [-0.15, -0.1) is 0 Å². The number of non-ortho nitro benzene ring substituents is 1. The second kappa shape index (κ2) is 9.87. The average Bonchev–Trinajstić information content (AvgIpc) is 2.72. The van der Waals surface area contributed by atoms with Crippen LogP contribution in [0.1, 0.15) is 15.9 Å². The summed E-state index contributed by atoms with van der Waals surface area (Å²) < 4.78 is 4.62. The van der Waals surface area contributed by atoms with Crippen LogP contribution in [0.3, 0.4) is 0 Å². The fourth-order valence-corrected chi connectivity index (χ4v) is 2.37. The fourth-order valence-electron chi connectivity index (χ4n) is 2.21. The van der Waals surface area contributed by atoms with Gasteiger partial charge in [-0.3, -0.25) is 14.9 Å². The highest BCUT2D eigenvalue weighted by Crippen LogP contribution is 2.27. The smallest absolute Gasteiger partial charge is 0.337 e. The third-order valence-corrected chi connectivity index (χ3v) is 4.03. The van der Waals surface area contributed by atoms with E-state index in [9.17, 15) is 25.0 Å². The summed E-state index contributed by atoms with van der Waals surface area (Å²) in [6.45, 7) is 0.289. The molecular formula is C19H15ClN4O5. The van der Waals surface area contributed by atoms with Gasteiger partial charge in [0.1, 0.15) is 11.6 Å². The van der Waals surface area contributed by atoms with Crippen molar-refractivity contribution in [2.45, 2.75) is 6.54 Å². The Labute approximate surface area is 170 Å². The van der Waals surface area contributed by atoms with Crippen LogP contribution in [0, 0.1) is 21.4 Å². The zero-order valence-electron chi connectivity index (χ0n) is 15.1. The number of hydrogen-bond donors (Lipinski definition) is 2. The van der Waals surface area contributed by atoms with Crippen LogP contribution >= 0.6 is 11.6 Å². The molecule has 0 saturated carbocycles. The largest absolute Gasteiger partial charge is 0.465 e. The number of carbonyl (C=O) groups excluding carboxylic acids is 2. The highest BCUT2D eigenvalue weighted by atomic mass is 35.5. The molecule has 2 rings (SSSR count). The van der Waals surface area contributed by atoms with Crippen molar-refractivity contribution >= 4 is 34.9 Å². The maximum absolute atomic E-state index is 12.3. The summed E-state index contributed by atoms with van der Waals surface area (Å²) in [4.78, 5) is 33.9. The van der Waals surface area contributed by atoms with Gasteiger partial charge in [0.15, 0.2) is 0 Å². The number of methoxy groups -OCH3 is 1. The summed E-state index contributed by atoms with van der Waals surface area (Å²) in [5.74, 6) is -1.23. The van der Waals surface area contributed by atoms with E-state index in [1.54, 1.807) is 30.3 Å². The van der Waals surface area contributed by atoms with E-state index in [2.05, 4.69) is 15.4 Å². The van der Waals surface area contributed by atoms with E-state index in [0.717, 1.165) is 11.6 Å². The molecule has 0 fully saturated rings. The van der Waals surface area contributed by atoms with Gasteiger partial charge in [0.2, 0.25) is 0 Å². The van der Waals surface area contributed by atoms with Gasteiger partial charge >= 0.3 is 5.97 Å². The van der Waals surface area contributed by atoms with E-state index in [0.29, 0.717) is 5.56 Å². The highest BCUT2D eigenvalue weighted by Gasteiger charge is 2.15. The van der Waals surface area contributed by atoms with E-state index in [1.807, 2.05) is 0 Å². The predicted molar refractivity (Wildman–Crippen MR) is 105 cm³/mol. The van der Waals surface area contributed by atoms with Crippen LogP contribution in [0.25, 0.3) is 0 Å². The van der Waals surface area contributed by atoms with E-state index < -0.39 is 16.8 Å². The maximum atomic E-state index is 12.3. The maximum Gasteiger partial charge on any atom is 0.337 e. The van der Waals surface area contributed by atoms with Gasteiger partial charge in [-0.05, 0) is 23.8 Å². The standard InChI is InChI=1S/C19H15ClN4O5/c1-29-19(26)13-4-2-12(3-5-13)10-22-11-14(9-21)18(25)23-17-8-15(24(27)28)6-7-16(17)20/h2-8,11,22H,10H2,1H3,(H,23,25)/b14-11-. The van der Waals surface area contributed by atoms with Crippen LogP contribution in [0.5, 0.6) is 0 Å². The van der Waals surface area contributed by atoms with Crippen molar-refractivity contribution in [2.24, 2.45) is 0 Å². The number of nitrogens with one attached hydrogen (secondary N) is 2. The third-order valence-electron chi connectivity index (χ3n) is 3.70. The van der Waals surface area contributed by atoms with Gasteiger partial charge in [0.05, 0.1) is 28.3 Å². The van der Waals surface area contributed by atoms with Gasteiger partial charge in [0.25, 0.3) is 11.6 Å². The molecular weight excluding hydrogens is 400 g/mol. The van der Waals surface area contributed by atoms with Crippen molar-refractivity contribution in [2.75, 3.05) is 12.4 Å². The number of esters is 1. The summed E-state index contributed by atoms with van der Waals surface area (Å²) in [6, 6.07) is 11.9. The lowest BCUT2D eigenvalue weighted by Crippen LogP contribution is -2.17. The number of amides is 1. The van der Waals surface area contributed by atoms with Crippen molar-refractivity contribution in [3.63, 3.8) is 0 Å². The van der Waals surface area contributed by atoms with Crippen molar-refractivity contribution in [3.8, 4) is 6.07 Å². The molecule has 9 nitrogen and oxygen atoms in total. The van der Waals surface area contributed by atoms with Crippen LogP contribution in [-0.4, -0.2) is 23.9 Å². The van der Waals surface area contributed by atoms with Gasteiger partial charge < -0.3 is 15.4 Å². The van der Waals surface area contributed by atoms with E-state index >= 15 is 0 Å². The molecule has 0 spiro atoms. The van der Waals surface area contributed by atoms with Crippen LogP contribution in [-0.2, 0) is 16.1 Å². The molecule has 1 amide bonds. The van der Waals surface area contributed by atoms with E-state index in [1.165, 1.54) is 25.4 Å². The van der Waals surface area contributed by atoms with Gasteiger partial charge in [-0.25, -0.2) is 4.79 Å². The molecule has 0 aliphatic heterocycles. The number of nitrogens with zero attached hydrogens (tertiary/aromatic N) is 2. The van der Waals surface area contributed by atoms with Gasteiger partial charge in [-0.1, -0.05) is 23.7 Å². The number of benzene rings is 2. The number of anilines is 1.